The number of nitrogens with one attached hydrogen (secondary N) is 1. The van der Waals surface area contributed by atoms with Crippen LogP contribution in [0.2, 0.25) is 5.02 Å². The van der Waals surface area contributed by atoms with E-state index in [4.69, 9.17) is 16.9 Å². The third-order valence-electron chi connectivity index (χ3n) is 6.41. The van der Waals surface area contributed by atoms with E-state index < -0.39 is 0 Å². The van der Waals surface area contributed by atoms with E-state index in [1.165, 1.54) is 5.56 Å². The first-order valence-electron chi connectivity index (χ1n) is 10.8. The zero-order valence-electron chi connectivity index (χ0n) is 17.3. The Morgan fingerprint density at radius 2 is 2.00 bits per heavy atom. The number of nitriles is 1. The van der Waals surface area contributed by atoms with Crippen molar-refractivity contribution in [1.29, 1.82) is 5.26 Å². The van der Waals surface area contributed by atoms with Crippen molar-refractivity contribution in [1.82, 2.24) is 4.90 Å². The normalized spacial score (nSPS) is 20.9. The molecule has 5 rings (SSSR count). The molecule has 3 heterocycles. The molecule has 1 N–H and O–H groups in total. The van der Waals surface area contributed by atoms with Gasteiger partial charge in [-0.15, -0.1) is 0 Å². The predicted octanol–water partition coefficient (Wildman–Crippen LogP) is 3.69. The predicted molar refractivity (Wildman–Crippen MR) is 123 cm³/mol. The Balaban J connectivity index is 1.25. The minimum absolute atomic E-state index is 0.0813. The van der Waals surface area contributed by atoms with E-state index in [-0.39, 0.29) is 11.8 Å². The molecule has 31 heavy (non-hydrogen) atoms. The van der Waals surface area contributed by atoms with Crippen LogP contribution in [0.15, 0.2) is 41.4 Å². The summed E-state index contributed by atoms with van der Waals surface area (Å²) in [5, 5.41) is 12.7. The molecule has 3 aliphatic rings. The van der Waals surface area contributed by atoms with Crippen molar-refractivity contribution in [2.45, 2.75) is 19.4 Å². The topological polar surface area (TPSA) is 71.7 Å². The number of piperazine rings is 1. The maximum Gasteiger partial charge on any atom is 0.233 e. The molecule has 1 fully saturated rings. The highest BCUT2D eigenvalue weighted by molar-refractivity contribution is 6.32. The number of nitrogens with zero attached hydrogens (tertiary/aromatic N) is 4. The number of halogens is 1. The number of anilines is 2. The zero-order valence-corrected chi connectivity index (χ0v) is 18.0. The van der Waals surface area contributed by atoms with Crippen LogP contribution in [0.3, 0.4) is 0 Å². The smallest absolute Gasteiger partial charge is 0.233 e. The molecule has 1 saturated heterocycles. The Bertz CT molecular complexity index is 1100. The summed E-state index contributed by atoms with van der Waals surface area (Å²) < 4.78 is 0. The van der Waals surface area contributed by atoms with E-state index in [9.17, 15) is 4.79 Å². The summed E-state index contributed by atoms with van der Waals surface area (Å²) in [5.41, 5.74) is 5.70. The Morgan fingerprint density at radius 1 is 1.16 bits per heavy atom. The maximum atomic E-state index is 12.5. The third kappa shape index (κ3) is 3.91. The second-order valence-electron chi connectivity index (χ2n) is 8.37. The highest BCUT2D eigenvalue weighted by atomic mass is 35.5. The molecule has 0 radical (unpaired) electrons. The highest BCUT2D eigenvalue weighted by Crippen LogP contribution is 2.32. The lowest BCUT2D eigenvalue weighted by Crippen LogP contribution is -2.46. The van der Waals surface area contributed by atoms with Gasteiger partial charge in [-0.25, -0.2) is 0 Å². The van der Waals surface area contributed by atoms with Gasteiger partial charge in [-0.05, 0) is 42.7 Å². The molecule has 0 spiro atoms. The van der Waals surface area contributed by atoms with E-state index in [0.29, 0.717) is 10.6 Å². The summed E-state index contributed by atoms with van der Waals surface area (Å²) >= 11 is 6.20. The van der Waals surface area contributed by atoms with Gasteiger partial charge in [-0.3, -0.25) is 14.7 Å². The number of carbonyl (C=O) groups excluding carboxylic acids is 1. The fourth-order valence-electron chi connectivity index (χ4n) is 4.72. The van der Waals surface area contributed by atoms with Crippen LogP contribution in [-0.4, -0.2) is 49.2 Å². The Kier molecular flexibility index (Phi) is 5.39. The lowest BCUT2D eigenvalue weighted by molar-refractivity contribution is -0.118. The molecule has 0 aliphatic carbocycles. The summed E-state index contributed by atoms with van der Waals surface area (Å²) in [6.07, 6.45) is 1.87. The van der Waals surface area contributed by atoms with Gasteiger partial charge in [0.25, 0.3) is 0 Å². The summed E-state index contributed by atoms with van der Waals surface area (Å²) in [6, 6.07) is 14.1. The number of benzene rings is 2. The minimum atomic E-state index is -0.0871. The highest BCUT2D eigenvalue weighted by Gasteiger charge is 2.33. The number of aliphatic imine (C=N–C) groups is 1. The maximum absolute atomic E-state index is 12.5. The Morgan fingerprint density at radius 3 is 2.77 bits per heavy atom. The second-order valence-corrected chi connectivity index (χ2v) is 8.78. The van der Waals surface area contributed by atoms with Gasteiger partial charge in [0.15, 0.2) is 0 Å². The Labute approximate surface area is 187 Å². The van der Waals surface area contributed by atoms with E-state index >= 15 is 0 Å². The van der Waals surface area contributed by atoms with Crippen LogP contribution in [0.4, 0.5) is 11.4 Å². The number of fused-ring (bicyclic) bond motifs is 3. The van der Waals surface area contributed by atoms with Gasteiger partial charge in [0.05, 0.1) is 27.9 Å². The van der Waals surface area contributed by atoms with Crippen LogP contribution in [0, 0.1) is 17.2 Å². The van der Waals surface area contributed by atoms with Gasteiger partial charge in [0.2, 0.25) is 5.91 Å². The molecular weight excluding hydrogens is 410 g/mol. The largest absolute Gasteiger partial charge is 0.369 e. The van der Waals surface area contributed by atoms with E-state index in [2.05, 4.69) is 44.4 Å². The van der Waals surface area contributed by atoms with Gasteiger partial charge in [0.1, 0.15) is 6.07 Å². The van der Waals surface area contributed by atoms with Crippen LogP contribution < -0.4 is 10.2 Å². The summed E-state index contributed by atoms with van der Waals surface area (Å²) in [6.45, 7) is 5.35. The molecule has 7 heteroatoms. The van der Waals surface area contributed by atoms with E-state index in [1.54, 1.807) is 6.07 Å². The molecule has 0 aromatic heterocycles. The van der Waals surface area contributed by atoms with Gasteiger partial charge >= 0.3 is 0 Å². The second kappa shape index (κ2) is 8.33. The quantitative estimate of drug-likeness (QED) is 0.801. The minimum Gasteiger partial charge on any atom is -0.369 e. The lowest BCUT2D eigenvalue weighted by Gasteiger charge is -2.36. The summed E-state index contributed by atoms with van der Waals surface area (Å²) in [5.74, 6) is -0.00584. The van der Waals surface area contributed by atoms with Crippen molar-refractivity contribution in [3.63, 3.8) is 0 Å². The summed E-state index contributed by atoms with van der Waals surface area (Å²) in [4.78, 5) is 21.9. The van der Waals surface area contributed by atoms with Gasteiger partial charge in [-0.2, -0.15) is 5.26 Å². The van der Waals surface area contributed by atoms with Crippen LogP contribution in [0.1, 0.15) is 29.5 Å². The number of carbonyl (C=O) groups is 1. The van der Waals surface area contributed by atoms with Crippen molar-refractivity contribution >= 4 is 34.6 Å². The lowest BCUT2D eigenvalue weighted by atomic mass is 9.85. The number of rotatable bonds is 3. The molecule has 6 nitrogen and oxygen atoms in total. The zero-order chi connectivity index (χ0) is 21.4. The van der Waals surface area contributed by atoms with Crippen molar-refractivity contribution in [2.75, 3.05) is 42.9 Å². The SMILES string of the molecule is N#Cc1ccc(N2CCN(Cc3ccc4c(c3)NC(=O)C3CCCN=C43)CC2)cc1Cl. The van der Waals surface area contributed by atoms with Gasteiger partial charge < -0.3 is 10.2 Å². The van der Waals surface area contributed by atoms with Crippen molar-refractivity contribution < 1.29 is 4.79 Å². The van der Waals surface area contributed by atoms with Crippen molar-refractivity contribution in [3.05, 3.63) is 58.1 Å². The molecule has 158 valence electrons. The van der Waals surface area contributed by atoms with Crippen molar-refractivity contribution in [2.24, 2.45) is 10.9 Å². The van der Waals surface area contributed by atoms with E-state index in [0.717, 1.165) is 74.8 Å². The van der Waals surface area contributed by atoms with Gasteiger partial charge in [0, 0.05) is 50.5 Å². The fourth-order valence-corrected chi connectivity index (χ4v) is 4.94. The molecule has 1 atom stereocenters. The van der Waals surface area contributed by atoms with Crippen LogP contribution in [0.5, 0.6) is 0 Å². The first-order valence-corrected chi connectivity index (χ1v) is 11.2. The van der Waals surface area contributed by atoms with Gasteiger partial charge in [-0.1, -0.05) is 23.7 Å². The van der Waals surface area contributed by atoms with Crippen LogP contribution in [0.25, 0.3) is 0 Å². The first kappa shape index (κ1) is 20.0. The average molecular weight is 434 g/mol. The standard InChI is InChI=1S/C24H24ClN5O/c25-21-13-18(5-4-17(21)14-26)30-10-8-29(9-11-30)15-16-3-6-19-22(12-16)28-24(31)20-2-1-7-27-23(19)20/h3-6,12-13,20H,1-2,7-11,15H2,(H,28,31). The average Bonchev–Trinajstić information content (AvgIpc) is 2.79. The molecule has 2 aromatic carbocycles. The molecule has 3 aliphatic heterocycles. The first-order chi connectivity index (χ1) is 15.1. The number of amides is 1. The summed E-state index contributed by atoms with van der Waals surface area (Å²) in [7, 11) is 0. The molecule has 1 amide bonds. The van der Waals surface area contributed by atoms with Crippen LogP contribution >= 0.6 is 11.6 Å². The third-order valence-corrected chi connectivity index (χ3v) is 6.73. The molecule has 0 saturated carbocycles. The molecule has 2 aromatic rings. The van der Waals surface area contributed by atoms with Crippen molar-refractivity contribution in [3.8, 4) is 6.07 Å². The Hall–Kier alpha value is -2.88. The molecule has 1 unspecified atom stereocenters. The fraction of sp³-hybridized carbons (Fsp3) is 0.375. The molecular formula is C24H24ClN5O. The number of hydrogen-bond acceptors (Lipinski definition) is 5. The number of hydrogen-bond donors (Lipinski definition) is 1. The van der Waals surface area contributed by atoms with Crippen LogP contribution in [-0.2, 0) is 11.3 Å². The monoisotopic (exact) mass is 433 g/mol. The molecule has 0 bridgehead atoms. The van der Waals surface area contributed by atoms with E-state index in [1.807, 2.05) is 12.1 Å².